The molecular weight excluding hydrogens is 488 g/mol. The van der Waals surface area contributed by atoms with E-state index in [-0.39, 0.29) is 48.6 Å². The number of allylic oxidation sites excluding steroid dienone is 1. The quantitative estimate of drug-likeness (QED) is 0.179. The Morgan fingerprint density at radius 1 is 1.08 bits per heavy atom. The summed E-state index contributed by atoms with van der Waals surface area (Å²) in [6.07, 6.45) is 1.45. The Bertz CT molecular complexity index is 1520. The molecule has 0 amide bonds. The van der Waals surface area contributed by atoms with E-state index in [9.17, 15) is 14.4 Å². The molecule has 0 bridgehead atoms. The summed E-state index contributed by atoms with van der Waals surface area (Å²) in [4.78, 5) is 40.2. The number of para-hydroxylation sites is 2. The van der Waals surface area contributed by atoms with Gasteiger partial charge in [-0.15, -0.1) is 0 Å². The molecule has 0 radical (unpaired) electrons. The van der Waals surface area contributed by atoms with Crippen LogP contribution in [0.3, 0.4) is 0 Å². The maximum Gasteiger partial charge on any atom is 0.337 e. The van der Waals surface area contributed by atoms with Crippen molar-refractivity contribution in [2.24, 2.45) is 5.73 Å². The molecule has 2 heterocycles. The molecule has 0 aliphatic carbocycles. The Morgan fingerprint density at radius 3 is 2.55 bits per heavy atom. The second-order valence-corrected chi connectivity index (χ2v) is 8.59. The fraction of sp³-hybridized carbons (Fsp3) is 0.276. The van der Waals surface area contributed by atoms with Crippen LogP contribution < -0.4 is 16.5 Å². The molecule has 9 nitrogen and oxygen atoms in total. The van der Waals surface area contributed by atoms with Gasteiger partial charge in [0.1, 0.15) is 17.8 Å². The molecule has 1 aromatic heterocycles. The highest BCUT2D eigenvalue weighted by atomic mass is 16.5. The fourth-order valence-electron chi connectivity index (χ4n) is 4.58. The van der Waals surface area contributed by atoms with E-state index >= 15 is 0 Å². The van der Waals surface area contributed by atoms with Gasteiger partial charge in [0.25, 0.3) is 0 Å². The van der Waals surface area contributed by atoms with Gasteiger partial charge < -0.3 is 29.7 Å². The Kier molecular flexibility index (Phi) is 8.40. The number of carbonyl (C=O) groups excluding carboxylic acids is 2. The van der Waals surface area contributed by atoms with Gasteiger partial charge in [0.05, 0.1) is 53.4 Å². The van der Waals surface area contributed by atoms with E-state index in [0.717, 1.165) is 0 Å². The van der Waals surface area contributed by atoms with Crippen LogP contribution in [0.2, 0.25) is 0 Å². The number of dihydropyridines is 1. The van der Waals surface area contributed by atoms with Gasteiger partial charge in [-0.1, -0.05) is 36.9 Å². The minimum Gasteiger partial charge on any atom is -0.463 e. The van der Waals surface area contributed by atoms with Gasteiger partial charge in [-0.2, -0.15) is 0 Å². The highest BCUT2D eigenvalue weighted by Gasteiger charge is 2.40. The van der Waals surface area contributed by atoms with Gasteiger partial charge in [-0.3, -0.25) is 4.79 Å². The molecule has 0 saturated carbocycles. The predicted molar refractivity (Wildman–Crippen MR) is 143 cm³/mol. The van der Waals surface area contributed by atoms with E-state index in [1.165, 1.54) is 6.08 Å². The molecule has 9 heteroatoms. The minimum atomic E-state index is -0.975. The summed E-state index contributed by atoms with van der Waals surface area (Å²) >= 11 is 0. The molecule has 1 aliphatic rings. The summed E-state index contributed by atoms with van der Waals surface area (Å²) in [5.41, 5.74) is 7.67. The molecule has 1 unspecified atom stereocenters. The highest BCUT2D eigenvalue weighted by Crippen LogP contribution is 2.42. The first kappa shape index (κ1) is 26.8. The van der Waals surface area contributed by atoms with Crippen LogP contribution in [-0.2, 0) is 23.8 Å². The average molecular weight is 519 g/mol. The molecule has 1 atom stereocenters. The van der Waals surface area contributed by atoms with Crippen LogP contribution in [0.1, 0.15) is 25.3 Å². The molecule has 3 aromatic rings. The lowest BCUT2D eigenvalue weighted by atomic mass is 9.79. The van der Waals surface area contributed by atoms with E-state index in [4.69, 9.17) is 24.4 Å². The number of rotatable bonds is 10. The minimum absolute atomic E-state index is 0.0197. The van der Waals surface area contributed by atoms with E-state index < -0.39 is 17.9 Å². The lowest BCUT2D eigenvalue weighted by Crippen LogP contribution is -2.35. The SMILES string of the molecule is C=CCOC(=O)C1=C(C)NC(COCCN)=C(C(=O)OCC)C1c1cccc2c(=O)c3ccccc3oc12. The van der Waals surface area contributed by atoms with Crippen molar-refractivity contribution in [2.75, 3.05) is 33.0 Å². The summed E-state index contributed by atoms with van der Waals surface area (Å²) in [7, 11) is 0. The Labute approximate surface area is 219 Å². The van der Waals surface area contributed by atoms with Crippen LogP contribution in [0.25, 0.3) is 21.9 Å². The molecule has 0 fully saturated rings. The summed E-state index contributed by atoms with van der Waals surface area (Å²) in [6.45, 7) is 7.67. The third kappa shape index (κ3) is 5.11. The molecule has 2 aromatic carbocycles. The summed E-state index contributed by atoms with van der Waals surface area (Å²) in [5, 5.41) is 3.88. The normalized spacial score (nSPS) is 15.5. The second-order valence-electron chi connectivity index (χ2n) is 8.59. The number of benzene rings is 2. The van der Waals surface area contributed by atoms with E-state index in [1.54, 1.807) is 56.3 Å². The van der Waals surface area contributed by atoms with Gasteiger partial charge in [-0.25, -0.2) is 9.59 Å². The van der Waals surface area contributed by atoms with Crippen molar-refractivity contribution < 1.29 is 28.2 Å². The third-order valence-electron chi connectivity index (χ3n) is 6.15. The predicted octanol–water partition coefficient (Wildman–Crippen LogP) is 3.43. The first-order valence-electron chi connectivity index (χ1n) is 12.3. The van der Waals surface area contributed by atoms with E-state index in [0.29, 0.717) is 39.9 Å². The lowest BCUT2D eigenvalue weighted by Gasteiger charge is -2.31. The fourth-order valence-corrected chi connectivity index (χ4v) is 4.58. The molecule has 198 valence electrons. The first-order chi connectivity index (χ1) is 18.4. The van der Waals surface area contributed by atoms with Crippen molar-refractivity contribution in [1.29, 1.82) is 0 Å². The third-order valence-corrected chi connectivity index (χ3v) is 6.15. The van der Waals surface area contributed by atoms with Crippen LogP contribution in [-0.4, -0.2) is 44.9 Å². The van der Waals surface area contributed by atoms with Crippen molar-refractivity contribution in [3.8, 4) is 0 Å². The maximum absolute atomic E-state index is 13.4. The van der Waals surface area contributed by atoms with Crippen molar-refractivity contribution in [2.45, 2.75) is 19.8 Å². The van der Waals surface area contributed by atoms with Gasteiger partial charge in [0.15, 0.2) is 0 Å². The number of fused-ring (bicyclic) bond motifs is 2. The standard InChI is InChI=1S/C29H30N2O7/c1-4-14-37-28(33)23-17(3)31-21(16-35-15-13-30)25(29(34)36-5-2)24(23)19-10-8-11-20-26(32)18-9-6-7-12-22(18)38-27(19)20/h4,6-12,24,31H,1,5,13-16,30H2,2-3H3. The Morgan fingerprint density at radius 2 is 1.82 bits per heavy atom. The van der Waals surface area contributed by atoms with Crippen molar-refractivity contribution >= 4 is 33.9 Å². The second kappa shape index (κ2) is 11.9. The van der Waals surface area contributed by atoms with Gasteiger partial charge in [0.2, 0.25) is 5.43 Å². The number of nitrogens with one attached hydrogen (secondary N) is 1. The van der Waals surface area contributed by atoms with Gasteiger partial charge in [0, 0.05) is 17.8 Å². The molecule has 4 rings (SSSR count). The van der Waals surface area contributed by atoms with Crippen LogP contribution in [0.15, 0.2) is 86.9 Å². The van der Waals surface area contributed by atoms with Crippen LogP contribution in [0, 0.1) is 0 Å². The monoisotopic (exact) mass is 518 g/mol. The van der Waals surface area contributed by atoms with E-state index in [1.807, 2.05) is 0 Å². The van der Waals surface area contributed by atoms with Crippen LogP contribution in [0.4, 0.5) is 0 Å². The number of hydrogen-bond donors (Lipinski definition) is 2. The number of hydrogen-bond acceptors (Lipinski definition) is 9. The summed E-state index contributed by atoms with van der Waals surface area (Å²) in [5.74, 6) is -2.26. The zero-order valence-electron chi connectivity index (χ0n) is 21.4. The average Bonchev–Trinajstić information content (AvgIpc) is 2.91. The van der Waals surface area contributed by atoms with E-state index in [2.05, 4.69) is 11.9 Å². The Balaban J connectivity index is 2.03. The first-order valence-corrected chi connectivity index (χ1v) is 12.3. The zero-order chi connectivity index (χ0) is 27.2. The van der Waals surface area contributed by atoms with Crippen LogP contribution >= 0.6 is 0 Å². The number of ether oxygens (including phenoxy) is 3. The molecule has 3 N–H and O–H groups in total. The molecule has 0 saturated heterocycles. The maximum atomic E-state index is 13.4. The zero-order valence-corrected chi connectivity index (χ0v) is 21.4. The molecule has 1 aliphatic heterocycles. The Hall–Kier alpha value is -4.21. The van der Waals surface area contributed by atoms with Crippen molar-refractivity contribution in [3.63, 3.8) is 0 Å². The summed E-state index contributed by atoms with van der Waals surface area (Å²) in [6, 6.07) is 12.0. The molecule has 38 heavy (non-hydrogen) atoms. The number of carbonyl (C=O) groups is 2. The van der Waals surface area contributed by atoms with Gasteiger partial charge >= 0.3 is 11.9 Å². The topological polar surface area (TPSA) is 130 Å². The number of nitrogens with two attached hydrogens (primary N) is 1. The van der Waals surface area contributed by atoms with Crippen molar-refractivity contribution in [3.05, 3.63) is 93.4 Å². The highest BCUT2D eigenvalue weighted by molar-refractivity contribution is 6.02. The molecule has 0 spiro atoms. The molecular formula is C29H30N2O7. The van der Waals surface area contributed by atoms with Crippen LogP contribution in [0.5, 0.6) is 0 Å². The largest absolute Gasteiger partial charge is 0.463 e. The smallest absolute Gasteiger partial charge is 0.337 e. The van der Waals surface area contributed by atoms with Gasteiger partial charge in [-0.05, 0) is 32.0 Å². The van der Waals surface area contributed by atoms with Crippen molar-refractivity contribution in [1.82, 2.24) is 5.32 Å². The lowest BCUT2D eigenvalue weighted by molar-refractivity contribution is -0.139. The number of esters is 2. The summed E-state index contributed by atoms with van der Waals surface area (Å²) < 4.78 is 22.7.